The number of hydrogen-bond acceptors (Lipinski definition) is 5. The molecule has 2 heterocycles. The van der Waals surface area contributed by atoms with Crippen molar-refractivity contribution in [3.8, 4) is 0 Å². The van der Waals surface area contributed by atoms with E-state index in [9.17, 15) is 14.4 Å². The van der Waals surface area contributed by atoms with Crippen molar-refractivity contribution >= 4 is 23.5 Å². The molecule has 1 fully saturated rings. The normalized spacial score (nSPS) is 21.3. The lowest BCUT2D eigenvalue weighted by Crippen LogP contribution is -2.64. The van der Waals surface area contributed by atoms with Crippen molar-refractivity contribution in [3.05, 3.63) is 0 Å². The molecule has 8 heteroatoms. The third kappa shape index (κ3) is 2.96. The van der Waals surface area contributed by atoms with Crippen molar-refractivity contribution in [2.45, 2.75) is 25.4 Å². The Balaban J connectivity index is 1.89. The second kappa shape index (κ2) is 5.20. The first kappa shape index (κ1) is 14.4. The van der Waals surface area contributed by atoms with Crippen molar-refractivity contribution in [1.82, 2.24) is 9.91 Å². The number of hydrazone groups is 1. The number of aliphatic carboxylic acids is 1. The molecule has 2 amide bonds. The lowest BCUT2D eigenvalue weighted by molar-refractivity contribution is -0.169. The highest BCUT2D eigenvalue weighted by Gasteiger charge is 2.44. The van der Waals surface area contributed by atoms with Crippen LogP contribution in [0.15, 0.2) is 5.10 Å². The van der Waals surface area contributed by atoms with Gasteiger partial charge < -0.3 is 14.7 Å². The molecule has 0 aromatic heterocycles. The first-order chi connectivity index (χ1) is 9.31. The van der Waals surface area contributed by atoms with Crippen molar-refractivity contribution in [1.29, 1.82) is 0 Å². The Kier molecular flexibility index (Phi) is 3.76. The molecule has 0 aromatic carbocycles. The average molecular weight is 283 g/mol. The maximum absolute atomic E-state index is 12.1. The Hall–Kier alpha value is -1.96. The van der Waals surface area contributed by atoms with Gasteiger partial charge in [-0.2, -0.15) is 5.10 Å². The summed E-state index contributed by atoms with van der Waals surface area (Å²) in [6.07, 6.45) is 0.618. The molecule has 110 valence electrons. The lowest BCUT2D eigenvalue weighted by Gasteiger charge is -2.47. The second-order valence-corrected chi connectivity index (χ2v) is 5.26. The van der Waals surface area contributed by atoms with Crippen LogP contribution in [-0.4, -0.2) is 70.9 Å². The smallest absolute Gasteiger partial charge is 0.329 e. The largest absolute Gasteiger partial charge is 0.480 e. The fraction of sp³-hybridized carbons (Fsp3) is 0.667. The molecule has 2 aliphatic rings. The quantitative estimate of drug-likeness (QED) is 0.735. The van der Waals surface area contributed by atoms with Crippen LogP contribution >= 0.6 is 0 Å². The Bertz CT molecular complexity index is 481. The molecule has 0 saturated carbocycles. The number of likely N-dealkylation sites (tertiary alicyclic amines) is 1. The van der Waals surface area contributed by atoms with Crippen molar-refractivity contribution in [2.24, 2.45) is 5.10 Å². The molecular weight excluding hydrogens is 266 g/mol. The van der Waals surface area contributed by atoms with E-state index in [2.05, 4.69) is 5.10 Å². The van der Waals surface area contributed by atoms with Gasteiger partial charge in [-0.1, -0.05) is 0 Å². The van der Waals surface area contributed by atoms with E-state index in [1.54, 1.807) is 11.8 Å². The molecule has 8 nitrogen and oxygen atoms in total. The van der Waals surface area contributed by atoms with Gasteiger partial charge in [0, 0.05) is 19.9 Å². The van der Waals surface area contributed by atoms with E-state index in [-0.39, 0.29) is 24.8 Å². The van der Waals surface area contributed by atoms with Gasteiger partial charge in [-0.3, -0.25) is 9.59 Å². The molecule has 0 bridgehead atoms. The molecular formula is C12H17N3O5. The molecule has 1 N–H and O–H groups in total. The molecule has 20 heavy (non-hydrogen) atoms. The number of amides is 2. The third-order valence-corrected chi connectivity index (χ3v) is 3.34. The van der Waals surface area contributed by atoms with Crippen LogP contribution in [0.4, 0.5) is 0 Å². The maximum atomic E-state index is 12.1. The Morgan fingerprint density at radius 2 is 2.05 bits per heavy atom. The van der Waals surface area contributed by atoms with Gasteiger partial charge in [0.25, 0.3) is 5.91 Å². The van der Waals surface area contributed by atoms with Crippen LogP contribution in [0.2, 0.25) is 0 Å². The highest BCUT2D eigenvalue weighted by Crippen LogP contribution is 2.25. The SMILES string of the molecule is CN1N=C(C(=O)N2CC(C)(OCC(=O)O)C2)CCC1=O. The van der Waals surface area contributed by atoms with Gasteiger partial charge in [-0.25, -0.2) is 9.80 Å². The van der Waals surface area contributed by atoms with Gasteiger partial charge in [0.2, 0.25) is 5.91 Å². The van der Waals surface area contributed by atoms with Crippen LogP contribution < -0.4 is 0 Å². The van der Waals surface area contributed by atoms with Crippen molar-refractivity contribution in [2.75, 3.05) is 26.7 Å². The molecule has 2 rings (SSSR count). The van der Waals surface area contributed by atoms with Crippen molar-refractivity contribution in [3.63, 3.8) is 0 Å². The topological polar surface area (TPSA) is 99.5 Å². The fourth-order valence-electron chi connectivity index (χ4n) is 2.24. The summed E-state index contributed by atoms with van der Waals surface area (Å²) in [7, 11) is 1.52. The maximum Gasteiger partial charge on any atom is 0.329 e. The van der Waals surface area contributed by atoms with Crippen LogP contribution in [-0.2, 0) is 19.1 Å². The minimum atomic E-state index is -1.03. The Morgan fingerprint density at radius 3 is 2.60 bits per heavy atom. The number of carboxylic acids is 1. The molecule has 0 atom stereocenters. The summed E-state index contributed by atoms with van der Waals surface area (Å²) in [6, 6.07) is 0. The number of rotatable bonds is 4. The predicted octanol–water partition coefficient (Wildman–Crippen LogP) is -0.703. The minimum Gasteiger partial charge on any atom is -0.480 e. The number of ether oxygens (including phenoxy) is 1. The van der Waals surface area contributed by atoms with Crippen LogP contribution in [0.1, 0.15) is 19.8 Å². The third-order valence-electron chi connectivity index (χ3n) is 3.34. The van der Waals surface area contributed by atoms with Crippen molar-refractivity contribution < 1.29 is 24.2 Å². The summed E-state index contributed by atoms with van der Waals surface area (Å²) in [5.41, 5.74) is -0.266. The van der Waals surface area contributed by atoms with E-state index in [0.29, 0.717) is 25.2 Å². The standard InChI is InChI=1S/C12H17N3O5/c1-12(20-5-10(17)18)6-15(7-12)11(19)8-3-4-9(16)14(2)13-8/h3-7H2,1-2H3,(H,17,18). The van der Waals surface area contributed by atoms with Crippen LogP contribution in [0, 0.1) is 0 Å². The number of carbonyl (C=O) groups is 3. The first-order valence-corrected chi connectivity index (χ1v) is 6.30. The highest BCUT2D eigenvalue weighted by molar-refractivity contribution is 6.39. The molecule has 2 aliphatic heterocycles. The van der Waals surface area contributed by atoms with Gasteiger partial charge in [-0.15, -0.1) is 0 Å². The van der Waals surface area contributed by atoms with Gasteiger partial charge in [-0.05, 0) is 6.92 Å². The summed E-state index contributed by atoms with van der Waals surface area (Å²) >= 11 is 0. The molecule has 0 unspecified atom stereocenters. The number of hydrogen-bond donors (Lipinski definition) is 1. The number of carboxylic acid groups (broad SMARTS) is 1. The molecule has 0 aliphatic carbocycles. The molecule has 1 saturated heterocycles. The van der Waals surface area contributed by atoms with Crippen LogP contribution in [0.3, 0.4) is 0 Å². The predicted molar refractivity (Wildman–Crippen MR) is 68.0 cm³/mol. The first-order valence-electron chi connectivity index (χ1n) is 6.30. The highest BCUT2D eigenvalue weighted by atomic mass is 16.5. The summed E-state index contributed by atoms with van der Waals surface area (Å²) in [6.45, 7) is 2.04. The second-order valence-electron chi connectivity index (χ2n) is 5.26. The van der Waals surface area contributed by atoms with E-state index >= 15 is 0 Å². The van der Waals surface area contributed by atoms with Crippen LogP contribution in [0.25, 0.3) is 0 Å². The average Bonchev–Trinajstić information content (AvgIpc) is 2.35. The summed E-state index contributed by atoms with van der Waals surface area (Å²) < 4.78 is 5.23. The Labute approximate surface area is 116 Å². The van der Waals surface area contributed by atoms with Gasteiger partial charge in [0.05, 0.1) is 13.1 Å². The van der Waals surface area contributed by atoms with E-state index in [1.165, 1.54) is 12.1 Å². The lowest BCUT2D eigenvalue weighted by atomic mass is 9.95. The van der Waals surface area contributed by atoms with Gasteiger partial charge in [0.15, 0.2) is 0 Å². The molecule has 0 aromatic rings. The van der Waals surface area contributed by atoms with Gasteiger partial charge >= 0.3 is 5.97 Å². The summed E-state index contributed by atoms with van der Waals surface area (Å²) in [5, 5.41) is 13.7. The summed E-state index contributed by atoms with van der Waals surface area (Å²) in [4.78, 5) is 35.4. The molecule has 0 radical (unpaired) electrons. The van der Waals surface area contributed by atoms with E-state index in [1.807, 2.05) is 0 Å². The minimum absolute atomic E-state index is 0.111. The zero-order valence-electron chi connectivity index (χ0n) is 11.5. The monoisotopic (exact) mass is 283 g/mol. The van der Waals surface area contributed by atoms with E-state index in [0.717, 1.165) is 0 Å². The van der Waals surface area contributed by atoms with Gasteiger partial charge in [0.1, 0.15) is 17.9 Å². The number of nitrogens with zero attached hydrogens (tertiary/aromatic N) is 3. The van der Waals surface area contributed by atoms with Crippen LogP contribution in [0.5, 0.6) is 0 Å². The summed E-state index contributed by atoms with van der Waals surface area (Å²) in [5.74, 6) is -1.37. The molecule has 0 spiro atoms. The van der Waals surface area contributed by atoms with E-state index < -0.39 is 11.6 Å². The van der Waals surface area contributed by atoms with E-state index in [4.69, 9.17) is 9.84 Å². The zero-order chi connectivity index (χ0) is 14.9. The number of carbonyl (C=O) groups excluding carboxylic acids is 2. The fourth-order valence-corrected chi connectivity index (χ4v) is 2.24. The Morgan fingerprint density at radius 1 is 1.40 bits per heavy atom. The zero-order valence-corrected chi connectivity index (χ0v) is 11.5.